The first-order valence-corrected chi connectivity index (χ1v) is 6.05. The van der Waals surface area contributed by atoms with E-state index in [0.717, 1.165) is 6.42 Å². The van der Waals surface area contributed by atoms with Gasteiger partial charge in [0, 0.05) is 18.5 Å². The molecule has 1 atom stereocenters. The van der Waals surface area contributed by atoms with Crippen molar-refractivity contribution in [2.45, 2.75) is 39.2 Å². The fourth-order valence-corrected chi connectivity index (χ4v) is 1.37. The SMILES string of the molecule is CCCOc1cc(NC(C)CCC(=O)O)ncn1. The number of nitrogens with zero attached hydrogens (tertiary/aromatic N) is 2. The summed E-state index contributed by atoms with van der Waals surface area (Å²) in [4.78, 5) is 18.5. The lowest BCUT2D eigenvalue weighted by molar-refractivity contribution is -0.137. The average molecular weight is 253 g/mol. The van der Waals surface area contributed by atoms with Crippen molar-refractivity contribution in [3.8, 4) is 5.88 Å². The van der Waals surface area contributed by atoms with Crippen LogP contribution in [0.15, 0.2) is 12.4 Å². The molecule has 0 radical (unpaired) electrons. The number of nitrogens with one attached hydrogen (secondary N) is 1. The highest BCUT2D eigenvalue weighted by Crippen LogP contribution is 2.13. The van der Waals surface area contributed by atoms with Crippen LogP contribution < -0.4 is 10.1 Å². The molecule has 1 aromatic heterocycles. The Labute approximate surface area is 106 Å². The Bertz CT molecular complexity index is 385. The average Bonchev–Trinajstić information content (AvgIpc) is 2.34. The number of aliphatic carboxylic acids is 1. The molecule has 0 aromatic carbocycles. The summed E-state index contributed by atoms with van der Waals surface area (Å²) < 4.78 is 5.39. The molecule has 0 saturated carbocycles. The zero-order valence-corrected chi connectivity index (χ0v) is 10.7. The van der Waals surface area contributed by atoms with E-state index in [9.17, 15) is 4.79 Å². The Morgan fingerprint density at radius 1 is 1.56 bits per heavy atom. The molecule has 1 unspecified atom stereocenters. The maximum atomic E-state index is 10.5. The van der Waals surface area contributed by atoms with Crippen LogP contribution in [0.1, 0.15) is 33.1 Å². The molecule has 2 N–H and O–H groups in total. The first-order chi connectivity index (χ1) is 8.61. The van der Waals surface area contributed by atoms with Crippen molar-refractivity contribution in [2.24, 2.45) is 0 Å². The monoisotopic (exact) mass is 253 g/mol. The fraction of sp³-hybridized carbons (Fsp3) is 0.583. The normalized spacial score (nSPS) is 11.9. The minimum Gasteiger partial charge on any atom is -0.481 e. The van der Waals surface area contributed by atoms with Crippen molar-refractivity contribution < 1.29 is 14.6 Å². The Kier molecular flexibility index (Phi) is 5.90. The van der Waals surface area contributed by atoms with Crippen molar-refractivity contribution in [3.05, 3.63) is 12.4 Å². The zero-order chi connectivity index (χ0) is 13.4. The van der Waals surface area contributed by atoms with Crippen LogP contribution >= 0.6 is 0 Å². The highest BCUT2D eigenvalue weighted by atomic mass is 16.5. The topological polar surface area (TPSA) is 84.3 Å². The molecule has 0 aliphatic heterocycles. The fourth-order valence-electron chi connectivity index (χ4n) is 1.37. The molecular formula is C12H19N3O3. The summed E-state index contributed by atoms with van der Waals surface area (Å²) in [5.41, 5.74) is 0. The van der Waals surface area contributed by atoms with E-state index in [1.807, 2.05) is 13.8 Å². The van der Waals surface area contributed by atoms with Crippen LogP contribution in [0, 0.1) is 0 Å². The molecule has 100 valence electrons. The Balaban J connectivity index is 2.47. The molecule has 0 saturated heterocycles. The van der Waals surface area contributed by atoms with Gasteiger partial charge >= 0.3 is 5.97 Å². The smallest absolute Gasteiger partial charge is 0.303 e. The Hall–Kier alpha value is -1.85. The van der Waals surface area contributed by atoms with E-state index in [1.54, 1.807) is 6.07 Å². The number of carbonyl (C=O) groups is 1. The second kappa shape index (κ2) is 7.47. The molecule has 0 spiro atoms. The number of aromatic nitrogens is 2. The highest BCUT2D eigenvalue weighted by Gasteiger charge is 2.07. The van der Waals surface area contributed by atoms with E-state index >= 15 is 0 Å². The lowest BCUT2D eigenvalue weighted by atomic mass is 10.2. The summed E-state index contributed by atoms with van der Waals surface area (Å²) in [5.74, 6) is 0.382. The van der Waals surface area contributed by atoms with Crippen LogP contribution in [-0.2, 0) is 4.79 Å². The molecular weight excluding hydrogens is 234 g/mol. The second-order valence-corrected chi connectivity index (χ2v) is 4.07. The van der Waals surface area contributed by atoms with Gasteiger partial charge < -0.3 is 15.2 Å². The highest BCUT2D eigenvalue weighted by molar-refractivity contribution is 5.66. The van der Waals surface area contributed by atoms with E-state index in [-0.39, 0.29) is 12.5 Å². The number of carboxylic acid groups (broad SMARTS) is 1. The minimum atomic E-state index is -0.793. The van der Waals surface area contributed by atoms with E-state index in [4.69, 9.17) is 9.84 Å². The van der Waals surface area contributed by atoms with Gasteiger partial charge in [-0.05, 0) is 19.8 Å². The third-order valence-electron chi connectivity index (χ3n) is 2.28. The predicted octanol–water partition coefficient (Wildman–Crippen LogP) is 1.93. The maximum Gasteiger partial charge on any atom is 0.303 e. The summed E-state index contributed by atoms with van der Waals surface area (Å²) in [7, 11) is 0. The van der Waals surface area contributed by atoms with Crippen molar-refractivity contribution in [3.63, 3.8) is 0 Å². The molecule has 0 aliphatic rings. The number of carboxylic acids is 1. The summed E-state index contributed by atoms with van der Waals surface area (Å²) in [6.45, 7) is 4.55. The lowest BCUT2D eigenvalue weighted by Crippen LogP contribution is -2.17. The minimum absolute atomic E-state index is 0.0371. The van der Waals surface area contributed by atoms with Crippen molar-refractivity contribution in [1.29, 1.82) is 0 Å². The second-order valence-electron chi connectivity index (χ2n) is 4.07. The summed E-state index contributed by atoms with van der Waals surface area (Å²) in [6, 6.07) is 1.75. The largest absolute Gasteiger partial charge is 0.481 e. The van der Waals surface area contributed by atoms with Gasteiger partial charge in [-0.2, -0.15) is 0 Å². The lowest BCUT2D eigenvalue weighted by Gasteiger charge is -2.13. The molecule has 18 heavy (non-hydrogen) atoms. The van der Waals surface area contributed by atoms with Gasteiger partial charge in [-0.3, -0.25) is 4.79 Å². The van der Waals surface area contributed by atoms with E-state index in [2.05, 4.69) is 15.3 Å². The van der Waals surface area contributed by atoms with Gasteiger partial charge in [0.05, 0.1) is 6.61 Å². The standard InChI is InChI=1S/C12H19N3O3/c1-3-6-18-11-7-10(13-8-14-11)15-9(2)4-5-12(16)17/h7-9H,3-6H2,1-2H3,(H,16,17)(H,13,14,15). The van der Waals surface area contributed by atoms with Gasteiger partial charge in [0.25, 0.3) is 0 Å². The number of hydrogen-bond donors (Lipinski definition) is 2. The van der Waals surface area contributed by atoms with E-state index < -0.39 is 5.97 Å². The van der Waals surface area contributed by atoms with Gasteiger partial charge in [0.2, 0.25) is 5.88 Å². The Morgan fingerprint density at radius 2 is 2.33 bits per heavy atom. The van der Waals surface area contributed by atoms with Crippen LogP contribution in [0.5, 0.6) is 5.88 Å². The molecule has 0 aliphatic carbocycles. The van der Waals surface area contributed by atoms with Gasteiger partial charge in [0.15, 0.2) is 0 Å². The molecule has 0 amide bonds. The van der Waals surface area contributed by atoms with E-state index in [0.29, 0.717) is 24.7 Å². The van der Waals surface area contributed by atoms with Crippen LogP contribution in [-0.4, -0.2) is 33.7 Å². The summed E-state index contributed by atoms with van der Waals surface area (Å²) in [6.07, 6.45) is 3.03. The molecule has 0 bridgehead atoms. The van der Waals surface area contributed by atoms with Crippen LogP contribution in [0.3, 0.4) is 0 Å². The molecule has 1 aromatic rings. The molecule has 0 fully saturated rings. The first-order valence-electron chi connectivity index (χ1n) is 6.05. The van der Waals surface area contributed by atoms with Gasteiger partial charge in [-0.1, -0.05) is 6.92 Å². The molecule has 6 heteroatoms. The molecule has 6 nitrogen and oxygen atoms in total. The molecule has 1 heterocycles. The number of hydrogen-bond acceptors (Lipinski definition) is 5. The van der Waals surface area contributed by atoms with Gasteiger partial charge in [0.1, 0.15) is 12.1 Å². The van der Waals surface area contributed by atoms with Gasteiger partial charge in [-0.25, -0.2) is 9.97 Å². The maximum absolute atomic E-state index is 10.5. The summed E-state index contributed by atoms with van der Waals surface area (Å²) in [5, 5.41) is 11.7. The summed E-state index contributed by atoms with van der Waals surface area (Å²) >= 11 is 0. The molecule has 1 rings (SSSR count). The number of rotatable bonds is 8. The van der Waals surface area contributed by atoms with Gasteiger partial charge in [-0.15, -0.1) is 0 Å². The third-order valence-corrected chi connectivity index (χ3v) is 2.28. The van der Waals surface area contributed by atoms with Crippen LogP contribution in [0.4, 0.5) is 5.82 Å². The van der Waals surface area contributed by atoms with Crippen molar-refractivity contribution in [2.75, 3.05) is 11.9 Å². The predicted molar refractivity (Wildman–Crippen MR) is 67.8 cm³/mol. The quantitative estimate of drug-likeness (QED) is 0.736. The van der Waals surface area contributed by atoms with Crippen LogP contribution in [0.25, 0.3) is 0 Å². The van der Waals surface area contributed by atoms with Crippen molar-refractivity contribution in [1.82, 2.24) is 9.97 Å². The Morgan fingerprint density at radius 3 is 3.00 bits per heavy atom. The van der Waals surface area contributed by atoms with E-state index in [1.165, 1.54) is 6.33 Å². The number of anilines is 1. The van der Waals surface area contributed by atoms with Crippen LogP contribution in [0.2, 0.25) is 0 Å². The first kappa shape index (κ1) is 14.2. The zero-order valence-electron chi connectivity index (χ0n) is 10.7. The number of ether oxygens (including phenoxy) is 1. The van der Waals surface area contributed by atoms with Crippen molar-refractivity contribution >= 4 is 11.8 Å². The third kappa shape index (κ3) is 5.47.